The van der Waals surface area contributed by atoms with Crippen LogP contribution < -0.4 is 10.5 Å². The summed E-state index contributed by atoms with van der Waals surface area (Å²) in [5.74, 6) is 2.08. The Morgan fingerprint density at radius 1 is 1.30 bits per heavy atom. The van der Waals surface area contributed by atoms with Gasteiger partial charge in [-0.05, 0) is 61.6 Å². The highest BCUT2D eigenvalue weighted by Gasteiger charge is 2.39. The lowest BCUT2D eigenvalue weighted by Crippen LogP contribution is -2.32. The van der Waals surface area contributed by atoms with Crippen molar-refractivity contribution in [1.82, 2.24) is 4.72 Å². The van der Waals surface area contributed by atoms with Gasteiger partial charge in [0.05, 0.1) is 4.90 Å². The highest BCUT2D eigenvalue weighted by Crippen LogP contribution is 2.48. The third-order valence-corrected chi connectivity index (χ3v) is 6.60. The van der Waals surface area contributed by atoms with Crippen LogP contribution in [-0.4, -0.2) is 15.0 Å². The van der Waals surface area contributed by atoms with Crippen molar-refractivity contribution in [2.75, 3.05) is 12.3 Å². The van der Waals surface area contributed by atoms with Crippen molar-refractivity contribution in [3.8, 4) is 0 Å². The maximum absolute atomic E-state index is 12.4. The van der Waals surface area contributed by atoms with Crippen LogP contribution in [0.1, 0.15) is 31.2 Å². The lowest BCUT2D eigenvalue weighted by Gasteiger charge is -2.22. The third-order valence-electron chi connectivity index (χ3n) is 5.04. The Kier molecular flexibility index (Phi) is 3.50. The molecule has 4 nitrogen and oxygen atoms in total. The van der Waals surface area contributed by atoms with E-state index in [-0.39, 0.29) is 0 Å². The number of nitrogens with one attached hydrogen (secondary N) is 1. The Bertz CT molecular complexity index is 612. The van der Waals surface area contributed by atoms with Gasteiger partial charge in [-0.1, -0.05) is 12.5 Å². The van der Waals surface area contributed by atoms with Gasteiger partial charge in [0.25, 0.3) is 0 Å². The molecule has 5 heteroatoms. The van der Waals surface area contributed by atoms with Gasteiger partial charge in [0.1, 0.15) is 0 Å². The van der Waals surface area contributed by atoms with Crippen LogP contribution in [0.3, 0.4) is 0 Å². The lowest BCUT2D eigenvalue weighted by atomic mass is 9.89. The van der Waals surface area contributed by atoms with Crippen LogP contribution in [0.15, 0.2) is 23.1 Å². The maximum Gasteiger partial charge on any atom is 0.240 e. The molecule has 2 saturated carbocycles. The molecule has 0 radical (unpaired) electrons. The summed E-state index contributed by atoms with van der Waals surface area (Å²) in [4.78, 5) is 0.306. The SMILES string of the molecule is Cc1c(N)cccc1S(=O)(=O)NCC1CC2CCC1C2. The van der Waals surface area contributed by atoms with Gasteiger partial charge in [-0.3, -0.25) is 0 Å². The van der Waals surface area contributed by atoms with Crippen molar-refractivity contribution in [1.29, 1.82) is 0 Å². The lowest BCUT2D eigenvalue weighted by molar-refractivity contribution is 0.333. The summed E-state index contributed by atoms with van der Waals surface area (Å²) in [6.07, 6.45) is 5.09. The van der Waals surface area contributed by atoms with E-state index < -0.39 is 10.0 Å². The first kappa shape index (κ1) is 13.9. The summed E-state index contributed by atoms with van der Waals surface area (Å²) in [7, 11) is -3.45. The summed E-state index contributed by atoms with van der Waals surface area (Å²) in [5.41, 5.74) is 6.95. The molecule has 2 bridgehead atoms. The van der Waals surface area contributed by atoms with Crippen LogP contribution >= 0.6 is 0 Å². The summed E-state index contributed by atoms with van der Waals surface area (Å²) in [6, 6.07) is 5.04. The first-order chi connectivity index (χ1) is 9.47. The Hall–Kier alpha value is -1.07. The minimum absolute atomic E-state index is 0.306. The van der Waals surface area contributed by atoms with Crippen molar-refractivity contribution in [2.45, 2.75) is 37.5 Å². The molecule has 0 amide bonds. The van der Waals surface area contributed by atoms with E-state index in [1.165, 1.54) is 25.7 Å². The molecule has 3 unspecified atom stereocenters. The molecule has 0 aliphatic heterocycles. The van der Waals surface area contributed by atoms with E-state index in [9.17, 15) is 8.42 Å². The van der Waals surface area contributed by atoms with Gasteiger partial charge >= 0.3 is 0 Å². The van der Waals surface area contributed by atoms with Crippen LogP contribution in [0.5, 0.6) is 0 Å². The first-order valence-corrected chi connectivity index (χ1v) is 8.80. The fraction of sp³-hybridized carbons (Fsp3) is 0.600. The minimum Gasteiger partial charge on any atom is -0.398 e. The summed E-state index contributed by atoms with van der Waals surface area (Å²) in [6.45, 7) is 2.32. The van der Waals surface area contributed by atoms with Crippen molar-refractivity contribution in [2.24, 2.45) is 17.8 Å². The zero-order valence-corrected chi connectivity index (χ0v) is 12.6. The zero-order valence-electron chi connectivity index (χ0n) is 11.8. The van der Waals surface area contributed by atoms with Crippen molar-refractivity contribution >= 4 is 15.7 Å². The van der Waals surface area contributed by atoms with E-state index in [0.29, 0.717) is 28.6 Å². The molecule has 2 aliphatic rings. The number of sulfonamides is 1. The predicted octanol–water partition coefficient (Wildman–Crippen LogP) is 2.29. The van der Waals surface area contributed by atoms with Gasteiger partial charge < -0.3 is 5.73 Å². The zero-order chi connectivity index (χ0) is 14.3. The number of nitrogens with two attached hydrogens (primary N) is 1. The Morgan fingerprint density at radius 2 is 2.10 bits per heavy atom. The average Bonchev–Trinajstić information content (AvgIpc) is 3.02. The van der Waals surface area contributed by atoms with Crippen LogP contribution in [0, 0.1) is 24.7 Å². The van der Waals surface area contributed by atoms with E-state index in [2.05, 4.69) is 4.72 Å². The van der Waals surface area contributed by atoms with Crippen LogP contribution in [0.4, 0.5) is 5.69 Å². The predicted molar refractivity (Wildman–Crippen MR) is 79.7 cm³/mol. The van der Waals surface area contributed by atoms with Gasteiger partial charge in [0.2, 0.25) is 10.0 Å². The maximum atomic E-state index is 12.4. The molecule has 3 N–H and O–H groups in total. The molecule has 2 fully saturated rings. The van der Waals surface area contributed by atoms with E-state index >= 15 is 0 Å². The molecule has 1 aromatic rings. The molecule has 0 saturated heterocycles. The smallest absolute Gasteiger partial charge is 0.240 e. The monoisotopic (exact) mass is 294 g/mol. The molecule has 0 heterocycles. The average molecular weight is 294 g/mol. The molecule has 2 aliphatic carbocycles. The molecular weight excluding hydrogens is 272 g/mol. The Labute approximate surface area is 120 Å². The Balaban J connectivity index is 1.71. The molecule has 3 atom stereocenters. The Morgan fingerprint density at radius 3 is 2.75 bits per heavy atom. The molecule has 0 spiro atoms. The van der Waals surface area contributed by atoms with E-state index in [4.69, 9.17) is 5.73 Å². The highest BCUT2D eigenvalue weighted by molar-refractivity contribution is 7.89. The quantitative estimate of drug-likeness (QED) is 0.837. The van der Waals surface area contributed by atoms with Crippen LogP contribution in [0.2, 0.25) is 0 Å². The van der Waals surface area contributed by atoms with E-state index in [0.717, 1.165) is 11.8 Å². The van der Waals surface area contributed by atoms with Crippen molar-refractivity contribution in [3.63, 3.8) is 0 Å². The number of nitrogen functional groups attached to an aromatic ring is 1. The van der Waals surface area contributed by atoms with Gasteiger partial charge in [-0.25, -0.2) is 13.1 Å². The highest BCUT2D eigenvalue weighted by atomic mass is 32.2. The minimum atomic E-state index is -3.45. The summed E-state index contributed by atoms with van der Waals surface area (Å²) in [5, 5.41) is 0. The van der Waals surface area contributed by atoms with Gasteiger partial charge in [-0.15, -0.1) is 0 Å². The van der Waals surface area contributed by atoms with Gasteiger partial charge in [0, 0.05) is 12.2 Å². The first-order valence-electron chi connectivity index (χ1n) is 7.32. The largest absolute Gasteiger partial charge is 0.398 e. The molecular formula is C15H22N2O2S. The van der Waals surface area contributed by atoms with Gasteiger partial charge in [-0.2, -0.15) is 0 Å². The molecule has 3 rings (SSSR count). The second-order valence-corrected chi connectivity index (χ2v) is 7.99. The number of hydrogen-bond donors (Lipinski definition) is 2. The molecule has 1 aromatic carbocycles. The summed E-state index contributed by atoms with van der Waals surface area (Å²) < 4.78 is 27.6. The normalized spacial score (nSPS) is 28.9. The summed E-state index contributed by atoms with van der Waals surface area (Å²) >= 11 is 0. The second kappa shape index (κ2) is 5.04. The number of benzene rings is 1. The van der Waals surface area contributed by atoms with E-state index in [1.807, 2.05) is 0 Å². The topological polar surface area (TPSA) is 72.2 Å². The fourth-order valence-corrected chi connectivity index (χ4v) is 5.21. The van der Waals surface area contributed by atoms with Crippen molar-refractivity contribution in [3.05, 3.63) is 23.8 Å². The second-order valence-electron chi connectivity index (χ2n) is 6.26. The molecule has 0 aromatic heterocycles. The third kappa shape index (κ3) is 2.44. The van der Waals surface area contributed by atoms with Crippen molar-refractivity contribution < 1.29 is 8.42 Å². The molecule has 110 valence electrons. The number of hydrogen-bond acceptors (Lipinski definition) is 3. The van der Waals surface area contributed by atoms with Crippen LogP contribution in [-0.2, 0) is 10.0 Å². The number of fused-ring (bicyclic) bond motifs is 2. The number of rotatable bonds is 4. The fourth-order valence-electron chi connectivity index (χ4n) is 3.84. The number of anilines is 1. The van der Waals surface area contributed by atoms with Gasteiger partial charge in [0.15, 0.2) is 0 Å². The van der Waals surface area contributed by atoms with E-state index in [1.54, 1.807) is 25.1 Å². The molecule has 20 heavy (non-hydrogen) atoms. The standard InChI is InChI=1S/C15H22N2O2S/c1-10-14(16)3-2-4-15(10)20(18,19)17-9-13-8-11-5-6-12(13)7-11/h2-4,11-13,17H,5-9,16H2,1H3. The van der Waals surface area contributed by atoms with Crippen LogP contribution in [0.25, 0.3) is 0 Å².